The molecule has 0 bridgehead atoms. The number of anilines is 2. The van der Waals surface area contributed by atoms with Gasteiger partial charge in [-0.15, -0.1) is 0 Å². The molecule has 2 aromatic carbocycles. The van der Waals surface area contributed by atoms with Crippen molar-refractivity contribution >= 4 is 29.4 Å². The van der Waals surface area contributed by atoms with Crippen molar-refractivity contribution in [2.24, 2.45) is 0 Å². The lowest BCUT2D eigenvalue weighted by atomic mass is 9.95. The van der Waals surface area contributed by atoms with Crippen molar-refractivity contribution in [1.29, 1.82) is 0 Å². The Balaban J connectivity index is 1.43. The molecule has 0 aromatic heterocycles. The lowest BCUT2D eigenvalue weighted by molar-refractivity contribution is -0.138. The van der Waals surface area contributed by atoms with Crippen molar-refractivity contribution in [3.63, 3.8) is 0 Å². The monoisotopic (exact) mass is 480 g/mol. The number of carbonyl (C=O) groups is 2. The highest BCUT2D eigenvalue weighted by atomic mass is 16.5. The zero-order valence-electron chi connectivity index (χ0n) is 20.6. The summed E-state index contributed by atoms with van der Waals surface area (Å²) in [5, 5.41) is 0. The number of hydrogen-bond acceptors (Lipinski definition) is 7. The van der Waals surface area contributed by atoms with Gasteiger partial charge in [0, 0.05) is 30.0 Å². The summed E-state index contributed by atoms with van der Waals surface area (Å²) >= 11 is 0. The van der Waals surface area contributed by atoms with Crippen molar-refractivity contribution in [2.45, 2.75) is 64.1 Å². The Morgan fingerprint density at radius 2 is 1.63 bits per heavy atom. The van der Waals surface area contributed by atoms with Gasteiger partial charge in [0.15, 0.2) is 0 Å². The maximum atomic E-state index is 12.5. The van der Waals surface area contributed by atoms with Gasteiger partial charge in [-0.3, -0.25) is 0 Å². The first-order valence-corrected chi connectivity index (χ1v) is 12.3. The van der Waals surface area contributed by atoms with E-state index in [9.17, 15) is 9.59 Å². The van der Waals surface area contributed by atoms with Crippen LogP contribution in [0.2, 0.25) is 0 Å². The summed E-state index contributed by atoms with van der Waals surface area (Å²) in [4.78, 5) is 24.6. The SMILES string of the molecule is CCCOC1CCC(OC(=O)c2ccc(C=CC(=O)OCC(C)c3cc(N)cc(N)c3)cc2)CC1. The Labute approximate surface area is 207 Å². The van der Waals surface area contributed by atoms with E-state index >= 15 is 0 Å². The van der Waals surface area contributed by atoms with E-state index in [1.54, 1.807) is 36.4 Å². The molecule has 1 atom stereocenters. The van der Waals surface area contributed by atoms with Gasteiger partial charge in [0.05, 0.1) is 18.3 Å². The fraction of sp³-hybridized carbons (Fsp3) is 0.429. The van der Waals surface area contributed by atoms with Crippen LogP contribution in [0.15, 0.2) is 48.5 Å². The topological polar surface area (TPSA) is 114 Å². The summed E-state index contributed by atoms with van der Waals surface area (Å²) in [5.41, 5.74) is 15.0. The number of esters is 2. The summed E-state index contributed by atoms with van der Waals surface area (Å²) in [6.45, 7) is 5.03. The predicted molar refractivity (Wildman–Crippen MR) is 138 cm³/mol. The molecule has 4 N–H and O–H groups in total. The molecule has 0 radical (unpaired) electrons. The lowest BCUT2D eigenvalue weighted by Crippen LogP contribution is -2.28. The molecule has 7 nitrogen and oxygen atoms in total. The van der Waals surface area contributed by atoms with E-state index in [-0.39, 0.29) is 30.7 Å². The number of nitrogens with two attached hydrogens (primary N) is 2. The fourth-order valence-corrected chi connectivity index (χ4v) is 4.05. The van der Waals surface area contributed by atoms with Gasteiger partial charge >= 0.3 is 11.9 Å². The quantitative estimate of drug-likeness (QED) is 0.276. The van der Waals surface area contributed by atoms with E-state index in [2.05, 4.69) is 6.92 Å². The van der Waals surface area contributed by atoms with E-state index in [1.165, 1.54) is 6.08 Å². The molecule has 0 amide bonds. The third-order valence-electron chi connectivity index (χ3n) is 6.06. The zero-order chi connectivity index (χ0) is 25.2. The number of carbonyl (C=O) groups excluding carboxylic acids is 2. The van der Waals surface area contributed by atoms with Crippen molar-refractivity contribution in [2.75, 3.05) is 24.7 Å². The summed E-state index contributed by atoms with van der Waals surface area (Å²) in [7, 11) is 0. The van der Waals surface area contributed by atoms with Crippen LogP contribution in [0.5, 0.6) is 0 Å². The predicted octanol–water partition coefficient (Wildman–Crippen LogP) is 5.11. The normalized spacial score (nSPS) is 18.8. The molecule has 1 aliphatic carbocycles. The minimum Gasteiger partial charge on any atom is -0.462 e. The maximum Gasteiger partial charge on any atom is 0.338 e. The Morgan fingerprint density at radius 3 is 2.26 bits per heavy atom. The average molecular weight is 481 g/mol. The Morgan fingerprint density at radius 1 is 1.00 bits per heavy atom. The van der Waals surface area contributed by atoms with E-state index in [0.717, 1.165) is 49.8 Å². The Bertz CT molecular complexity index is 990. The average Bonchev–Trinajstić information content (AvgIpc) is 2.85. The first kappa shape index (κ1) is 26.3. The molecule has 0 aliphatic heterocycles. The minimum atomic E-state index is -0.448. The maximum absolute atomic E-state index is 12.5. The number of ether oxygens (including phenoxy) is 3. The third-order valence-corrected chi connectivity index (χ3v) is 6.06. The Kier molecular flexibility index (Phi) is 9.73. The highest BCUT2D eigenvalue weighted by Gasteiger charge is 2.24. The molecule has 1 saturated carbocycles. The first-order chi connectivity index (χ1) is 16.8. The molecule has 188 valence electrons. The van der Waals surface area contributed by atoms with Crippen LogP contribution < -0.4 is 11.5 Å². The lowest BCUT2D eigenvalue weighted by Gasteiger charge is -2.28. The Hall–Kier alpha value is -3.32. The first-order valence-electron chi connectivity index (χ1n) is 12.3. The van der Waals surface area contributed by atoms with E-state index in [4.69, 9.17) is 25.7 Å². The van der Waals surface area contributed by atoms with Crippen molar-refractivity contribution in [1.82, 2.24) is 0 Å². The summed E-state index contributed by atoms with van der Waals surface area (Å²) in [6.07, 6.45) is 7.74. The van der Waals surface area contributed by atoms with Crippen LogP contribution in [0.25, 0.3) is 6.08 Å². The molecule has 1 aliphatic rings. The second kappa shape index (κ2) is 13.0. The van der Waals surface area contributed by atoms with Gasteiger partial charge in [-0.2, -0.15) is 0 Å². The summed E-state index contributed by atoms with van der Waals surface area (Å²) in [5.74, 6) is -0.813. The van der Waals surface area contributed by atoms with Crippen molar-refractivity contribution in [3.8, 4) is 0 Å². The summed E-state index contributed by atoms with van der Waals surface area (Å²) < 4.78 is 16.8. The van der Waals surface area contributed by atoms with Gasteiger partial charge in [0.25, 0.3) is 0 Å². The molecule has 0 saturated heterocycles. The molecule has 2 aromatic rings. The molecular formula is C28H36N2O5. The van der Waals surface area contributed by atoms with E-state index in [1.807, 2.05) is 19.1 Å². The second-order valence-electron chi connectivity index (χ2n) is 9.09. The van der Waals surface area contributed by atoms with Crippen molar-refractivity contribution in [3.05, 3.63) is 65.2 Å². The van der Waals surface area contributed by atoms with Crippen LogP contribution in [0, 0.1) is 0 Å². The molecule has 1 fully saturated rings. The van der Waals surface area contributed by atoms with Gasteiger partial charge in [-0.25, -0.2) is 9.59 Å². The molecule has 3 rings (SSSR count). The van der Waals surface area contributed by atoms with Crippen LogP contribution in [-0.4, -0.2) is 37.4 Å². The van der Waals surface area contributed by atoms with Crippen LogP contribution in [0.1, 0.15) is 73.4 Å². The smallest absolute Gasteiger partial charge is 0.338 e. The van der Waals surface area contributed by atoms with Crippen LogP contribution in [0.4, 0.5) is 11.4 Å². The van der Waals surface area contributed by atoms with E-state index < -0.39 is 5.97 Å². The molecular weight excluding hydrogens is 444 g/mol. The number of benzene rings is 2. The molecule has 1 unspecified atom stereocenters. The van der Waals surface area contributed by atoms with Gasteiger partial charge in [0.2, 0.25) is 0 Å². The van der Waals surface area contributed by atoms with Gasteiger partial charge in [-0.05, 0) is 79.6 Å². The summed E-state index contributed by atoms with van der Waals surface area (Å²) in [6, 6.07) is 12.3. The zero-order valence-corrected chi connectivity index (χ0v) is 20.6. The van der Waals surface area contributed by atoms with Crippen LogP contribution in [-0.2, 0) is 19.0 Å². The molecule has 7 heteroatoms. The highest BCUT2D eigenvalue weighted by molar-refractivity contribution is 5.90. The van der Waals surface area contributed by atoms with E-state index in [0.29, 0.717) is 16.9 Å². The van der Waals surface area contributed by atoms with Gasteiger partial charge < -0.3 is 25.7 Å². The largest absolute Gasteiger partial charge is 0.462 e. The van der Waals surface area contributed by atoms with Crippen LogP contribution >= 0.6 is 0 Å². The third kappa shape index (κ3) is 8.44. The van der Waals surface area contributed by atoms with Gasteiger partial charge in [0.1, 0.15) is 6.10 Å². The standard InChI is InChI=1S/C28H36N2O5/c1-3-14-33-25-9-11-26(12-10-25)35-28(32)21-7-4-20(5-8-21)6-13-27(31)34-18-19(2)22-15-23(29)17-24(30)16-22/h4-8,13,15-17,19,25-26H,3,9-12,14,18,29-30H2,1-2H3. The van der Waals surface area contributed by atoms with Crippen molar-refractivity contribution < 1.29 is 23.8 Å². The van der Waals surface area contributed by atoms with Crippen LogP contribution in [0.3, 0.4) is 0 Å². The number of rotatable bonds is 10. The fourth-order valence-electron chi connectivity index (χ4n) is 4.05. The minimum absolute atomic E-state index is 0.0395. The van der Waals surface area contributed by atoms with Gasteiger partial charge in [-0.1, -0.05) is 26.0 Å². The molecule has 35 heavy (non-hydrogen) atoms. The molecule has 0 heterocycles. The molecule has 0 spiro atoms. The number of hydrogen-bond donors (Lipinski definition) is 2. The number of nitrogen functional groups attached to an aromatic ring is 2. The second-order valence-corrected chi connectivity index (χ2v) is 9.09. The highest BCUT2D eigenvalue weighted by Crippen LogP contribution is 2.25.